The highest BCUT2D eigenvalue weighted by Gasteiger charge is 2.39. The van der Waals surface area contributed by atoms with Gasteiger partial charge in [0.25, 0.3) is 0 Å². The standard InChI is InChI=1S/C21H25F3N2O2/c22-21(23,24)17-5-1-14(2-6-17)13-26(18-7-8-18)20(28)16-9-11-25(12-10-16)19(27)15-3-4-15/h1-2,5-6,15-16,18H,3-4,7-13H2. The summed E-state index contributed by atoms with van der Waals surface area (Å²) in [5.41, 5.74) is 0.0443. The third-order valence-electron chi connectivity index (χ3n) is 5.99. The molecule has 1 aromatic rings. The van der Waals surface area contributed by atoms with Gasteiger partial charge in [-0.05, 0) is 56.2 Å². The highest BCUT2D eigenvalue weighted by atomic mass is 19.4. The molecule has 3 aliphatic rings. The van der Waals surface area contributed by atoms with Crippen LogP contribution in [0.3, 0.4) is 0 Å². The average molecular weight is 394 g/mol. The van der Waals surface area contributed by atoms with E-state index in [2.05, 4.69) is 0 Å². The molecule has 0 N–H and O–H groups in total. The Balaban J connectivity index is 1.37. The van der Waals surface area contributed by atoms with Gasteiger partial charge in [-0.1, -0.05) is 12.1 Å². The van der Waals surface area contributed by atoms with Gasteiger partial charge in [0, 0.05) is 37.5 Å². The van der Waals surface area contributed by atoms with Gasteiger partial charge < -0.3 is 9.80 Å². The fourth-order valence-corrected chi connectivity index (χ4v) is 3.94. The van der Waals surface area contributed by atoms with Crippen molar-refractivity contribution in [3.05, 3.63) is 35.4 Å². The maximum Gasteiger partial charge on any atom is 0.416 e. The summed E-state index contributed by atoms with van der Waals surface area (Å²) in [6.07, 6.45) is 0.870. The van der Waals surface area contributed by atoms with Crippen molar-refractivity contribution in [2.75, 3.05) is 13.1 Å². The Bertz CT molecular complexity index is 731. The number of hydrogen-bond acceptors (Lipinski definition) is 2. The molecule has 1 saturated heterocycles. The third kappa shape index (κ3) is 4.33. The molecular weight excluding hydrogens is 369 g/mol. The molecule has 2 amide bonds. The lowest BCUT2D eigenvalue weighted by Gasteiger charge is -2.34. The summed E-state index contributed by atoms with van der Waals surface area (Å²) in [5.74, 6) is 0.420. The molecular formula is C21H25F3N2O2. The van der Waals surface area contributed by atoms with Gasteiger partial charge >= 0.3 is 6.18 Å². The first-order valence-corrected chi connectivity index (χ1v) is 10.1. The summed E-state index contributed by atoms with van der Waals surface area (Å²) < 4.78 is 38.2. The maximum absolute atomic E-state index is 13.1. The lowest BCUT2D eigenvalue weighted by Crippen LogP contribution is -2.45. The molecule has 4 rings (SSSR count). The van der Waals surface area contributed by atoms with Crippen LogP contribution in [0, 0.1) is 11.8 Å². The Kier molecular flexibility index (Phi) is 5.10. The number of halogens is 3. The largest absolute Gasteiger partial charge is 0.416 e. The fourth-order valence-electron chi connectivity index (χ4n) is 3.94. The molecule has 2 saturated carbocycles. The van der Waals surface area contributed by atoms with Crippen LogP contribution < -0.4 is 0 Å². The normalized spacial score (nSPS) is 20.9. The molecule has 4 nitrogen and oxygen atoms in total. The Hall–Kier alpha value is -2.05. The Labute approximate surface area is 162 Å². The van der Waals surface area contributed by atoms with Crippen molar-refractivity contribution < 1.29 is 22.8 Å². The van der Waals surface area contributed by atoms with Crippen LogP contribution in [0.15, 0.2) is 24.3 Å². The number of amides is 2. The van der Waals surface area contributed by atoms with E-state index in [1.165, 1.54) is 12.1 Å². The van der Waals surface area contributed by atoms with Crippen LogP contribution in [-0.4, -0.2) is 40.7 Å². The van der Waals surface area contributed by atoms with Crippen LogP contribution in [0.1, 0.15) is 49.7 Å². The van der Waals surface area contributed by atoms with Crippen molar-refractivity contribution in [3.8, 4) is 0 Å². The lowest BCUT2D eigenvalue weighted by atomic mass is 9.94. The number of piperidine rings is 1. The van der Waals surface area contributed by atoms with Crippen LogP contribution in [-0.2, 0) is 22.3 Å². The second-order valence-corrected chi connectivity index (χ2v) is 8.27. The lowest BCUT2D eigenvalue weighted by molar-refractivity contribution is -0.142. The minimum absolute atomic E-state index is 0.0842. The van der Waals surface area contributed by atoms with Crippen molar-refractivity contribution in [3.63, 3.8) is 0 Å². The SMILES string of the molecule is O=C(C1CC1)N1CCC(C(=O)N(Cc2ccc(C(F)(F)F)cc2)C2CC2)CC1. The average Bonchev–Trinajstić information content (AvgIpc) is 3.57. The van der Waals surface area contributed by atoms with E-state index < -0.39 is 11.7 Å². The van der Waals surface area contributed by atoms with Crippen LogP contribution in [0.2, 0.25) is 0 Å². The maximum atomic E-state index is 13.1. The zero-order valence-electron chi connectivity index (χ0n) is 15.8. The molecule has 0 spiro atoms. The smallest absolute Gasteiger partial charge is 0.342 e. The topological polar surface area (TPSA) is 40.6 Å². The number of nitrogens with zero attached hydrogens (tertiary/aromatic N) is 2. The monoisotopic (exact) mass is 394 g/mol. The summed E-state index contributed by atoms with van der Waals surface area (Å²) in [6, 6.07) is 5.27. The Morgan fingerprint density at radius 2 is 1.54 bits per heavy atom. The Morgan fingerprint density at radius 3 is 2.04 bits per heavy atom. The summed E-state index contributed by atoms with van der Waals surface area (Å²) in [6.45, 7) is 1.61. The number of carbonyl (C=O) groups excluding carboxylic acids is 2. The van der Waals surface area contributed by atoms with E-state index in [0.717, 1.165) is 43.4 Å². The number of benzene rings is 1. The molecule has 152 valence electrons. The third-order valence-corrected chi connectivity index (χ3v) is 5.99. The zero-order valence-corrected chi connectivity index (χ0v) is 15.8. The van der Waals surface area contributed by atoms with Crippen molar-refractivity contribution in [2.45, 2.75) is 57.3 Å². The Morgan fingerprint density at radius 1 is 0.929 bits per heavy atom. The van der Waals surface area contributed by atoms with E-state index in [1.54, 1.807) is 0 Å². The molecule has 2 aliphatic carbocycles. The van der Waals surface area contributed by atoms with Crippen LogP contribution >= 0.6 is 0 Å². The van der Waals surface area contributed by atoms with Crippen molar-refractivity contribution in [1.82, 2.24) is 9.80 Å². The van der Waals surface area contributed by atoms with E-state index in [-0.39, 0.29) is 29.7 Å². The first kappa shape index (κ1) is 19.3. The van der Waals surface area contributed by atoms with Crippen molar-refractivity contribution >= 4 is 11.8 Å². The highest BCUT2D eigenvalue weighted by molar-refractivity contribution is 5.82. The summed E-state index contributed by atoms with van der Waals surface area (Å²) in [4.78, 5) is 29.0. The summed E-state index contributed by atoms with van der Waals surface area (Å²) in [5, 5.41) is 0. The summed E-state index contributed by atoms with van der Waals surface area (Å²) in [7, 11) is 0. The molecule has 0 unspecified atom stereocenters. The molecule has 0 radical (unpaired) electrons. The number of carbonyl (C=O) groups is 2. The predicted octanol–water partition coefficient (Wildman–Crippen LogP) is 3.85. The van der Waals surface area contributed by atoms with Crippen molar-refractivity contribution in [1.29, 1.82) is 0 Å². The zero-order chi connectivity index (χ0) is 19.9. The minimum Gasteiger partial charge on any atom is -0.342 e. The minimum atomic E-state index is -4.35. The quantitative estimate of drug-likeness (QED) is 0.761. The molecule has 0 bridgehead atoms. The fraction of sp³-hybridized carbons (Fsp3) is 0.619. The molecule has 1 heterocycles. The molecule has 3 fully saturated rings. The molecule has 0 aromatic heterocycles. The molecule has 7 heteroatoms. The summed E-state index contributed by atoms with van der Waals surface area (Å²) >= 11 is 0. The van der Waals surface area contributed by atoms with Gasteiger partial charge in [0.15, 0.2) is 0 Å². The second-order valence-electron chi connectivity index (χ2n) is 8.27. The first-order chi connectivity index (χ1) is 13.3. The van der Waals surface area contributed by atoms with E-state index in [4.69, 9.17) is 0 Å². The highest BCUT2D eigenvalue weighted by Crippen LogP contribution is 2.35. The molecule has 28 heavy (non-hydrogen) atoms. The van der Waals surface area contributed by atoms with Gasteiger partial charge in [0.05, 0.1) is 5.56 Å². The van der Waals surface area contributed by atoms with E-state index in [9.17, 15) is 22.8 Å². The second kappa shape index (κ2) is 7.41. The van der Waals surface area contributed by atoms with Crippen molar-refractivity contribution in [2.24, 2.45) is 11.8 Å². The van der Waals surface area contributed by atoms with Crippen LogP contribution in [0.5, 0.6) is 0 Å². The molecule has 1 aliphatic heterocycles. The van der Waals surface area contributed by atoms with E-state index in [1.807, 2.05) is 9.80 Å². The molecule has 0 atom stereocenters. The van der Waals surface area contributed by atoms with Crippen LogP contribution in [0.4, 0.5) is 13.2 Å². The molecule has 1 aromatic carbocycles. The number of rotatable bonds is 5. The van der Waals surface area contributed by atoms with Gasteiger partial charge in [0.2, 0.25) is 11.8 Å². The number of hydrogen-bond donors (Lipinski definition) is 0. The number of alkyl halides is 3. The van der Waals surface area contributed by atoms with Gasteiger partial charge in [-0.15, -0.1) is 0 Å². The van der Waals surface area contributed by atoms with Gasteiger partial charge in [-0.25, -0.2) is 0 Å². The van der Waals surface area contributed by atoms with Gasteiger partial charge in [-0.2, -0.15) is 13.2 Å². The number of likely N-dealkylation sites (tertiary alicyclic amines) is 1. The van der Waals surface area contributed by atoms with E-state index in [0.29, 0.717) is 32.5 Å². The van der Waals surface area contributed by atoms with E-state index >= 15 is 0 Å². The predicted molar refractivity (Wildman–Crippen MR) is 97.0 cm³/mol. The first-order valence-electron chi connectivity index (χ1n) is 10.1. The van der Waals surface area contributed by atoms with Crippen LogP contribution in [0.25, 0.3) is 0 Å². The van der Waals surface area contributed by atoms with Gasteiger partial charge in [-0.3, -0.25) is 9.59 Å². The van der Waals surface area contributed by atoms with Gasteiger partial charge in [0.1, 0.15) is 0 Å².